The van der Waals surface area contributed by atoms with Crippen LogP contribution in [0.2, 0.25) is 0 Å². The lowest BCUT2D eigenvalue weighted by Gasteiger charge is -2.18. The van der Waals surface area contributed by atoms with E-state index in [0.29, 0.717) is 12.8 Å². The third-order valence-electron chi connectivity index (χ3n) is 10.8. The predicted molar refractivity (Wildman–Crippen MR) is 240 cm³/mol. The summed E-state index contributed by atoms with van der Waals surface area (Å²) in [5, 5.41) is 21.8. The van der Waals surface area contributed by atoms with E-state index in [2.05, 4.69) is 31.3 Å². The van der Waals surface area contributed by atoms with Crippen LogP contribution in [0.4, 0.5) is 0 Å². The number of phosphoric ester groups is 1. The molecule has 0 heterocycles. The lowest BCUT2D eigenvalue weighted by atomic mass is 10.0. The molecule has 0 aromatic carbocycles. The minimum Gasteiger partial charge on any atom is -0.480 e. The quantitative estimate of drug-likeness (QED) is 0.0200. The second kappa shape index (κ2) is 42.9. The number of ether oxygens (including phenoxy) is 1. The van der Waals surface area contributed by atoms with Crippen molar-refractivity contribution >= 4 is 25.7 Å². The first kappa shape index (κ1) is 57.2. The Bertz CT molecular complexity index is 1060. The smallest absolute Gasteiger partial charge is 0.472 e. The Kier molecular flexibility index (Phi) is 41.6. The van der Waals surface area contributed by atoms with Crippen LogP contribution in [0.5, 0.6) is 0 Å². The number of rotatable bonds is 46. The highest BCUT2D eigenvalue weighted by atomic mass is 31.2. The maximum absolute atomic E-state index is 12.3. The van der Waals surface area contributed by atoms with Crippen molar-refractivity contribution in [3.63, 3.8) is 0 Å². The molecule has 0 aromatic heterocycles. The summed E-state index contributed by atoms with van der Waals surface area (Å²) in [6, 6.07) is -1.55. The number of unbranched alkanes of at least 4 members (excludes halogenated alkanes) is 30. The molecule has 1 amide bonds. The summed E-state index contributed by atoms with van der Waals surface area (Å²) in [7, 11) is -4.75. The summed E-state index contributed by atoms with van der Waals surface area (Å²) in [5.41, 5.74) is 0. The van der Waals surface area contributed by atoms with Gasteiger partial charge in [-0.1, -0.05) is 206 Å². The van der Waals surface area contributed by atoms with E-state index < -0.39 is 57.6 Å². The number of phosphoric acid groups is 1. The number of amides is 1. The maximum atomic E-state index is 12.3. The number of carbonyl (C=O) groups excluding carboxylic acids is 2. The van der Waals surface area contributed by atoms with Gasteiger partial charge in [0, 0.05) is 12.8 Å². The van der Waals surface area contributed by atoms with Crippen molar-refractivity contribution in [3.05, 3.63) is 12.2 Å². The van der Waals surface area contributed by atoms with E-state index in [4.69, 9.17) is 13.8 Å². The molecule has 0 aromatic rings. The number of aliphatic hydroxyl groups is 1. The fourth-order valence-electron chi connectivity index (χ4n) is 7.00. The van der Waals surface area contributed by atoms with Gasteiger partial charge in [0.2, 0.25) is 5.91 Å². The number of esters is 1. The Morgan fingerprint density at radius 2 is 0.898 bits per heavy atom. The maximum Gasteiger partial charge on any atom is 0.472 e. The first-order chi connectivity index (χ1) is 28.6. The standard InChI is InChI=1S/C47H90NO10P/c1-3-5-7-9-11-13-15-16-17-18-19-20-21-22-23-24-25-26-27-29-31-33-35-37-39-46(51)56-40-43(49)41-57-59(54,55)58-42-44(47(52)53)48-45(50)38-36-34-32-30-28-14-12-10-8-6-4-2/h10,12,43-44,49H,3-9,11,13-42H2,1-2H3,(H,48,50)(H,52,53)(H,54,55)/b12-10-. The van der Waals surface area contributed by atoms with Crippen molar-refractivity contribution in [2.45, 2.75) is 251 Å². The molecule has 0 bridgehead atoms. The molecular formula is C47H90NO10P. The molecule has 0 spiro atoms. The number of carboxylic acids is 1. The van der Waals surface area contributed by atoms with Gasteiger partial charge in [0.05, 0.1) is 13.2 Å². The lowest BCUT2D eigenvalue weighted by molar-refractivity contribution is -0.147. The molecule has 59 heavy (non-hydrogen) atoms. The summed E-state index contributed by atoms with van der Waals surface area (Å²) < 4.78 is 26.9. The van der Waals surface area contributed by atoms with Crippen LogP contribution < -0.4 is 5.32 Å². The molecule has 0 saturated carbocycles. The normalized spacial score (nSPS) is 13.7. The Hall–Kier alpha value is -1.78. The molecule has 4 N–H and O–H groups in total. The van der Waals surface area contributed by atoms with Gasteiger partial charge in [-0.2, -0.15) is 0 Å². The summed E-state index contributed by atoms with van der Waals surface area (Å²) in [6.45, 7) is 2.57. The third kappa shape index (κ3) is 42.7. The Balaban J connectivity index is 3.74. The van der Waals surface area contributed by atoms with Gasteiger partial charge in [0.1, 0.15) is 12.7 Å². The second-order valence-electron chi connectivity index (χ2n) is 16.7. The zero-order valence-corrected chi connectivity index (χ0v) is 38.7. The molecule has 12 heteroatoms. The highest BCUT2D eigenvalue weighted by molar-refractivity contribution is 7.47. The number of aliphatic hydroxyl groups excluding tert-OH is 1. The number of aliphatic carboxylic acids is 1. The Labute approximate surface area is 360 Å². The summed E-state index contributed by atoms with van der Waals surface area (Å²) in [4.78, 5) is 45.9. The van der Waals surface area contributed by atoms with E-state index in [9.17, 15) is 34.1 Å². The zero-order chi connectivity index (χ0) is 43.5. The van der Waals surface area contributed by atoms with Gasteiger partial charge >= 0.3 is 19.8 Å². The van der Waals surface area contributed by atoms with Crippen molar-refractivity contribution in [1.82, 2.24) is 5.32 Å². The van der Waals surface area contributed by atoms with Crippen LogP contribution in [-0.4, -0.2) is 64.9 Å². The van der Waals surface area contributed by atoms with Gasteiger partial charge in [-0.25, -0.2) is 9.36 Å². The molecule has 0 aliphatic carbocycles. The van der Waals surface area contributed by atoms with Gasteiger partial charge in [0.25, 0.3) is 0 Å². The third-order valence-corrected chi connectivity index (χ3v) is 11.8. The van der Waals surface area contributed by atoms with Crippen LogP contribution in [0.1, 0.15) is 239 Å². The molecule has 348 valence electrons. The highest BCUT2D eigenvalue weighted by Crippen LogP contribution is 2.43. The fraction of sp³-hybridized carbons (Fsp3) is 0.894. The molecule has 0 fully saturated rings. The topological polar surface area (TPSA) is 169 Å². The first-order valence-electron chi connectivity index (χ1n) is 24.2. The number of hydrogen-bond donors (Lipinski definition) is 4. The van der Waals surface area contributed by atoms with Gasteiger partial charge in [0.15, 0.2) is 6.04 Å². The van der Waals surface area contributed by atoms with E-state index in [-0.39, 0.29) is 12.8 Å². The van der Waals surface area contributed by atoms with Crippen LogP contribution in [0.15, 0.2) is 12.2 Å². The predicted octanol–water partition coefficient (Wildman–Crippen LogP) is 12.8. The van der Waals surface area contributed by atoms with Crippen LogP contribution in [0.3, 0.4) is 0 Å². The molecule has 11 nitrogen and oxygen atoms in total. The van der Waals surface area contributed by atoms with Crippen molar-refractivity contribution < 1.29 is 47.8 Å². The monoisotopic (exact) mass is 860 g/mol. The van der Waals surface area contributed by atoms with E-state index in [0.717, 1.165) is 57.8 Å². The van der Waals surface area contributed by atoms with Gasteiger partial charge in [-0.15, -0.1) is 0 Å². The molecule has 0 radical (unpaired) electrons. The van der Waals surface area contributed by atoms with E-state index in [1.165, 1.54) is 141 Å². The average Bonchev–Trinajstić information content (AvgIpc) is 3.21. The Morgan fingerprint density at radius 3 is 1.34 bits per heavy atom. The lowest BCUT2D eigenvalue weighted by Crippen LogP contribution is -2.43. The highest BCUT2D eigenvalue weighted by Gasteiger charge is 2.28. The molecule has 0 aliphatic heterocycles. The van der Waals surface area contributed by atoms with Crippen molar-refractivity contribution in [3.8, 4) is 0 Å². The number of carboxylic acid groups (broad SMARTS) is 1. The molecule has 0 rings (SSSR count). The number of carbonyl (C=O) groups is 3. The molecule has 0 saturated heterocycles. The number of hydrogen-bond acceptors (Lipinski definition) is 8. The van der Waals surface area contributed by atoms with Gasteiger partial charge < -0.3 is 25.2 Å². The average molecular weight is 860 g/mol. The minimum atomic E-state index is -4.75. The van der Waals surface area contributed by atoms with Crippen molar-refractivity contribution in [2.75, 3.05) is 19.8 Å². The molecule has 0 aliphatic rings. The zero-order valence-electron chi connectivity index (χ0n) is 37.8. The fourth-order valence-corrected chi connectivity index (χ4v) is 7.78. The van der Waals surface area contributed by atoms with Crippen LogP contribution in [0, 0.1) is 0 Å². The number of allylic oxidation sites excluding steroid dienone is 2. The van der Waals surface area contributed by atoms with Crippen LogP contribution >= 0.6 is 7.82 Å². The van der Waals surface area contributed by atoms with Gasteiger partial charge in [-0.3, -0.25) is 18.6 Å². The summed E-state index contributed by atoms with van der Waals surface area (Å²) >= 11 is 0. The largest absolute Gasteiger partial charge is 0.480 e. The van der Waals surface area contributed by atoms with E-state index >= 15 is 0 Å². The van der Waals surface area contributed by atoms with E-state index in [1.54, 1.807) is 0 Å². The SMILES string of the molecule is CCCC/C=C\CCCCCCCC(=O)NC(COP(=O)(O)OCC(O)COC(=O)CCCCCCCCCCCCCCCCCCCCCCCCCC)C(=O)O. The summed E-state index contributed by atoms with van der Waals surface area (Å²) in [5.74, 6) is -2.37. The second-order valence-corrected chi connectivity index (χ2v) is 18.1. The van der Waals surface area contributed by atoms with Crippen molar-refractivity contribution in [2.24, 2.45) is 0 Å². The Morgan fingerprint density at radius 1 is 0.525 bits per heavy atom. The number of nitrogens with one attached hydrogen (secondary N) is 1. The minimum absolute atomic E-state index is 0.137. The first-order valence-corrected chi connectivity index (χ1v) is 25.7. The van der Waals surface area contributed by atoms with Crippen molar-refractivity contribution in [1.29, 1.82) is 0 Å². The molecule has 3 unspecified atom stereocenters. The van der Waals surface area contributed by atoms with E-state index in [1.807, 2.05) is 0 Å². The van der Waals surface area contributed by atoms with Crippen LogP contribution in [0.25, 0.3) is 0 Å². The van der Waals surface area contributed by atoms with Crippen LogP contribution in [-0.2, 0) is 32.7 Å². The molecule has 3 atom stereocenters. The van der Waals surface area contributed by atoms with Gasteiger partial charge in [-0.05, 0) is 32.1 Å². The summed E-state index contributed by atoms with van der Waals surface area (Å²) in [6.07, 6.45) is 44.0. The molecular weight excluding hydrogens is 769 g/mol.